The van der Waals surface area contributed by atoms with Crippen molar-refractivity contribution in [3.8, 4) is 11.8 Å². The van der Waals surface area contributed by atoms with E-state index >= 15 is 0 Å². The topological polar surface area (TPSA) is 50.1 Å². The highest BCUT2D eigenvalue weighted by Gasteiger charge is 2.14. The Bertz CT molecular complexity index is 435. The first-order valence-corrected chi connectivity index (χ1v) is 5.55. The van der Waals surface area contributed by atoms with Gasteiger partial charge in [0.15, 0.2) is 5.78 Å². The number of carbonyl (C=O) groups is 1. The lowest BCUT2D eigenvalue weighted by Gasteiger charge is -2.08. The molecule has 4 heteroatoms. The van der Waals surface area contributed by atoms with Crippen molar-refractivity contribution in [3.63, 3.8) is 0 Å². The summed E-state index contributed by atoms with van der Waals surface area (Å²) >= 11 is 2.10. The normalized spacial score (nSPS) is 9.47. The van der Waals surface area contributed by atoms with E-state index in [0.717, 1.165) is 3.57 Å². The van der Waals surface area contributed by atoms with E-state index in [1.54, 1.807) is 12.1 Å². The minimum atomic E-state index is -0.119. The van der Waals surface area contributed by atoms with Crippen LogP contribution in [0.15, 0.2) is 12.1 Å². The highest BCUT2D eigenvalue weighted by molar-refractivity contribution is 14.1. The predicted molar refractivity (Wildman–Crippen MR) is 65.0 cm³/mol. The van der Waals surface area contributed by atoms with Gasteiger partial charge in [-0.25, -0.2) is 0 Å². The van der Waals surface area contributed by atoms with E-state index in [0.29, 0.717) is 23.5 Å². The molecule has 0 aliphatic rings. The monoisotopic (exact) mass is 315 g/mol. The van der Waals surface area contributed by atoms with E-state index in [-0.39, 0.29) is 5.78 Å². The molecule has 3 nitrogen and oxygen atoms in total. The van der Waals surface area contributed by atoms with Crippen LogP contribution >= 0.6 is 22.6 Å². The van der Waals surface area contributed by atoms with E-state index in [4.69, 9.17) is 10.00 Å². The highest BCUT2D eigenvalue weighted by Crippen LogP contribution is 2.25. The molecule has 0 aromatic heterocycles. The van der Waals surface area contributed by atoms with Crippen LogP contribution < -0.4 is 4.74 Å². The molecule has 0 spiro atoms. The van der Waals surface area contributed by atoms with Gasteiger partial charge in [0, 0.05) is 9.13 Å². The maximum Gasteiger partial charge on any atom is 0.161 e. The number of nitrogens with zero attached hydrogens (tertiary/aromatic N) is 1. The van der Waals surface area contributed by atoms with Crippen LogP contribution in [0, 0.1) is 14.9 Å². The van der Waals surface area contributed by atoms with Crippen LogP contribution in [0.4, 0.5) is 0 Å². The molecule has 0 bridgehead atoms. The Morgan fingerprint density at radius 1 is 1.60 bits per heavy atom. The van der Waals surface area contributed by atoms with Gasteiger partial charge in [-0.2, -0.15) is 5.26 Å². The van der Waals surface area contributed by atoms with Gasteiger partial charge in [-0.3, -0.25) is 4.79 Å². The Hall–Kier alpha value is -1.09. The first kappa shape index (κ1) is 12.0. The van der Waals surface area contributed by atoms with Gasteiger partial charge in [0.05, 0.1) is 6.61 Å². The number of halogens is 1. The molecule has 78 valence electrons. The molecule has 15 heavy (non-hydrogen) atoms. The van der Waals surface area contributed by atoms with Crippen LogP contribution in [0.3, 0.4) is 0 Å². The maximum atomic E-state index is 11.3. The molecule has 1 aromatic rings. The first-order chi connectivity index (χ1) is 7.10. The van der Waals surface area contributed by atoms with Gasteiger partial charge in [-0.15, -0.1) is 0 Å². The second-order valence-corrected chi connectivity index (χ2v) is 4.17. The standard InChI is InChI=1S/C11H10INO2/c1-3-15-11-5-8(12)4-9(7(2)14)10(11)6-13/h4-5H,3H2,1-2H3. The van der Waals surface area contributed by atoms with Crippen LogP contribution in [0.1, 0.15) is 29.8 Å². The Morgan fingerprint density at radius 2 is 2.27 bits per heavy atom. The molecule has 0 aliphatic heterocycles. The molecule has 0 N–H and O–H groups in total. The third kappa shape index (κ3) is 2.69. The Kier molecular flexibility index (Phi) is 4.09. The lowest BCUT2D eigenvalue weighted by molar-refractivity contribution is 0.101. The van der Waals surface area contributed by atoms with E-state index < -0.39 is 0 Å². The Balaban J connectivity index is 3.40. The van der Waals surface area contributed by atoms with Crippen molar-refractivity contribution < 1.29 is 9.53 Å². The fourth-order valence-electron chi connectivity index (χ4n) is 1.24. The van der Waals surface area contributed by atoms with Crippen molar-refractivity contribution in [2.45, 2.75) is 13.8 Å². The summed E-state index contributed by atoms with van der Waals surface area (Å²) in [7, 11) is 0. The van der Waals surface area contributed by atoms with Gasteiger partial charge in [0.25, 0.3) is 0 Å². The summed E-state index contributed by atoms with van der Waals surface area (Å²) in [6.07, 6.45) is 0. The van der Waals surface area contributed by atoms with Crippen molar-refractivity contribution in [2.24, 2.45) is 0 Å². The number of carbonyl (C=O) groups excluding carboxylic acids is 1. The fourth-order valence-corrected chi connectivity index (χ4v) is 1.84. The van der Waals surface area contributed by atoms with Crippen molar-refractivity contribution >= 4 is 28.4 Å². The van der Waals surface area contributed by atoms with E-state index in [2.05, 4.69) is 22.6 Å². The van der Waals surface area contributed by atoms with Crippen molar-refractivity contribution in [2.75, 3.05) is 6.61 Å². The minimum Gasteiger partial charge on any atom is -0.492 e. The molecule has 0 heterocycles. The summed E-state index contributed by atoms with van der Waals surface area (Å²) in [4.78, 5) is 11.3. The number of Topliss-reactive ketones (excluding diaryl/α,β-unsaturated/α-hetero) is 1. The Morgan fingerprint density at radius 3 is 2.73 bits per heavy atom. The van der Waals surface area contributed by atoms with Crippen LogP contribution in [-0.4, -0.2) is 12.4 Å². The highest BCUT2D eigenvalue weighted by atomic mass is 127. The molecule has 0 unspecified atom stereocenters. The first-order valence-electron chi connectivity index (χ1n) is 4.47. The molecule has 1 aromatic carbocycles. The zero-order chi connectivity index (χ0) is 11.4. The molecule has 0 atom stereocenters. The number of rotatable bonds is 3. The quantitative estimate of drug-likeness (QED) is 0.636. The van der Waals surface area contributed by atoms with Gasteiger partial charge in [0.1, 0.15) is 17.4 Å². The van der Waals surface area contributed by atoms with E-state index in [1.165, 1.54) is 6.92 Å². The van der Waals surface area contributed by atoms with Crippen LogP contribution in [-0.2, 0) is 0 Å². The lowest BCUT2D eigenvalue weighted by Crippen LogP contribution is -2.02. The zero-order valence-electron chi connectivity index (χ0n) is 8.50. The van der Waals surface area contributed by atoms with Crippen LogP contribution in [0.2, 0.25) is 0 Å². The molecular formula is C11H10INO2. The molecule has 0 saturated carbocycles. The van der Waals surface area contributed by atoms with E-state index in [1.807, 2.05) is 13.0 Å². The third-order valence-electron chi connectivity index (χ3n) is 1.86. The SMILES string of the molecule is CCOc1cc(I)cc(C(C)=O)c1C#N. The lowest BCUT2D eigenvalue weighted by atomic mass is 10.0. The number of ether oxygens (including phenoxy) is 1. The van der Waals surface area contributed by atoms with Gasteiger partial charge >= 0.3 is 0 Å². The molecular weight excluding hydrogens is 305 g/mol. The number of hydrogen-bond acceptors (Lipinski definition) is 3. The van der Waals surface area contributed by atoms with Gasteiger partial charge in [-0.05, 0) is 48.6 Å². The summed E-state index contributed by atoms with van der Waals surface area (Å²) < 4.78 is 6.21. The van der Waals surface area contributed by atoms with Crippen molar-refractivity contribution in [1.29, 1.82) is 5.26 Å². The van der Waals surface area contributed by atoms with Gasteiger partial charge in [-0.1, -0.05) is 0 Å². The van der Waals surface area contributed by atoms with Crippen LogP contribution in [0.5, 0.6) is 5.75 Å². The van der Waals surface area contributed by atoms with Crippen molar-refractivity contribution in [1.82, 2.24) is 0 Å². The number of hydrogen-bond donors (Lipinski definition) is 0. The summed E-state index contributed by atoms with van der Waals surface area (Å²) in [5.41, 5.74) is 0.748. The average Bonchev–Trinajstić information content (AvgIpc) is 2.17. The summed E-state index contributed by atoms with van der Waals surface area (Å²) in [5, 5.41) is 8.98. The second kappa shape index (κ2) is 5.12. The second-order valence-electron chi connectivity index (χ2n) is 2.93. The van der Waals surface area contributed by atoms with Crippen molar-refractivity contribution in [3.05, 3.63) is 26.8 Å². The fraction of sp³-hybridized carbons (Fsp3) is 0.273. The van der Waals surface area contributed by atoms with Crippen LogP contribution in [0.25, 0.3) is 0 Å². The zero-order valence-corrected chi connectivity index (χ0v) is 10.7. The molecule has 1 rings (SSSR count). The number of benzene rings is 1. The molecule has 0 amide bonds. The predicted octanol–water partition coefficient (Wildman–Crippen LogP) is 2.76. The van der Waals surface area contributed by atoms with Gasteiger partial charge < -0.3 is 4.74 Å². The molecule has 0 radical (unpaired) electrons. The summed E-state index contributed by atoms with van der Waals surface area (Å²) in [5.74, 6) is 0.364. The minimum absolute atomic E-state index is 0.119. The summed E-state index contributed by atoms with van der Waals surface area (Å²) in [6, 6.07) is 5.47. The van der Waals surface area contributed by atoms with Gasteiger partial charge in [0.2, 0.25) is 0 Å². The average molecular weight is 315 g/mol. The maximum absolute atomic E-state index is 11.3. The van der Waals surface area contributed by atoms with E-state index in [9.17, 15) is 4.79 Å². The largest absolute Gasteiger partial charge is 0.492 e. The number of nitriles is 1. The number of ketones is 1. The third-order valence-corrected chi connectivity index (χ3v) is 2.48. The molecule has 0 aliphatic carbocycles. The Labute approximate surface area is 102 Å². The molecule has 0 fully saturated rings. The smallest absolute Gasteiger partial charge is 0.161 e. The molecule has 0 saturated heterocycles. The summed E-state index contributed by atoms with van der Waals surface area (Å²) in [6.45, 7) is 3.77.